The molecule has 5 nitrogen and oxygen atoms in total. The molecule has 8 heteroatoms. The lowest BCUT2D eigenvalue weighted by Gasteiger charge is -2.40. The van der Waals surface area contributed by atoms with Crippen molar-refractivity contribution in [1.29, 1.82) is 0 Å². The molecule has 2 heterocycles. The summed E-state index contributed by atoms with van der Waals surface area (Å²) >= 11 is 3.40. The number of pyridine rings is 1. The first-order valence-electron chi connectivity index (χ1n) is 7.92. The first kappa shape index (κ1) is 23.4. The van der Waals surface area contributed by atoms with Crippen molar-refractivity contribution < 1.29 is 4.79 Å². The average molecular weight is 442 g/mol. The van der Waals surface area contributed by atoms with Gasteiger partial charge in [-0.1, -0.05) is 13.8 Å². The zero-order valence-corrected chi connectivity index (χ0v) is 17.4. The number of hydrogen-bond donors (Lipinski definition) is 1. The van der Waals surface area contributed by atoms with E-state index in [1.807, 2.05) is 17.0 Å². The standard InChI is InChI=1S/C16H25BrN4O.2ClH/c1-3-16(4-2,12-18)15(22)21-9-7-20(8-10-21)14-6-5-13(17)11-19-14;;/h5-6,11H,3-4,7-10,12,18H2,1-2H3;2*1H. The number of aromatic nitrogens is 1. The van der Waals surface area contributed by atoms with E-state index < -0.39 is 5.41 Å². The topological polar surface area (TPSA) is 62.5 Å². The molecule has 0 bridgehead atoms. The molecule has 2 rings (SSSR count). The van der Waals surface area contributed by atoms with Gasteiger partial charge in [-0.2, -0.15) is 0 Å². The minimum Gasteiger partial charge on any atom is -0.353 e. The third-order valence-corrected chi connectivity index (χ3v) is 5.27. The van der Waals surface area contributed by atoms with Crippen LogP contribution in [-0.4, -0.2) is 48.5 Å². The molecule has 24 heavy (non-hydrogen) atoms. The molecule has 1 amide bonds. The lowest BCUT2D eigenvalue weighted by molar-refractivity contribution is -0.142. The minimum atomic E-state index is -0.391. The van der Waals surface area contributed by atoms with Crippen LogP contribution < -0.4 is 10.6 Å². The van der Waals surface area contributed by atoms with Crippen LogP contribution in [0.2, 0.25) is 0 Å². The summed E-state index contributed by atoms with van der Waals surface area (Å²) in [7, 11) is 0. The fourth-order valence-corrected chi connectivity index (χ4v) is 3.19. The summed E-state index contributed by atoms with van der Waals surface area (Å²) in [6.07, 6.45) is 3.40. The monoisotopic (exact) mass is 440 g/mol. The van der Waals surface area contributed by atoms with Crippen LogP contribution in [0.15, 0.2) is 22.8 Å². The maximum atomic E-state index is 12.8. The largest absolute Gasteiger partial charge is 0.353 e. The molecule has 1 aliphatic heterocycles. The summed E-state index contributed by atoms with van der Waals surface area (Å²) in [5.41, 5.74) is 5.51. The quantitative estimate of drug-likeness (QED) is 0.762. The number of amides is 1. The van der Waals surface area contributed by atoms with Crippen LogP contribution in [0.5, 0.6) is 0 Å². The summed E-state index contributed by atoms with van der Waals surface area (Å²) in [6, 6.07) is 4.00. The van der Waals surface area contributed by atoms with E-state index in [0.717, 1.165) is 49.3 Å². The van der Waals surface area contributed by atoms with Crippen LogP contribution in [0.4, 0.5) is 5.82 Å². The van der Waals surface area contributed by atoms with Crippen molar-refractivity contribution in [2.75, 3.05) is 37.6 Å². The van der Waals surface area contributed by atoms with Crippen molar-refractivity contribution in [3.8, 4) is 0 Å². The highest BCUT2D eigenvalue weighted by Gasteiger charge is 2.37. The molecule has 0 atom stereocenters. The Labute approximate surface area is 165 Å². The Morgan fingerprint density at radius 3 is 2.21 bits per heavy atom. The maximum Gasteiger partial charge on any atom is 0.230 e. The van der Waals surface area contributed by atoms with Gasteiger partial charge in [0, 0.05) is 43.4 Å². The first-order chi connectivity index (χ1) is 10.6. The number of rotatable bonds is 5. The molecule has 0 aliphatic carbocycles. The summed E-state index contributed by atoms with van der Waals surface area (Å²) in [6.45, 7) is 7.62. The van der Waals surface area contributed by atoms with Gasteiger partial charge in [0.1, 0.15) is 5.82 Å². The number of nitrogens with two attached hydrogens (primary N) is 1. The molecular formula is C16H27BrCl2N4O. The van der Waals surface area contributed by atoms with Crippen LogP contribution in [-0.2, 0) is 4.79 Å². The number of piperazine rings is 1. The van der Waals surface area contributed by atoms with Gasteiger partial charge in [-0.05, 0) is 40.9 Å². The van der Waals surface area contributed by atoms with Gasteiger partial charge in [0.15, 0.2) is 0 Å². The zero-order chi connectivity index (χ0) is 16.2. The van der Waals surface area contributed by atoms with E-state index in [1.54, 1.807) is 6.20 Å². The number of carbonyl (C=O) groups is 1. The van der Waals surface area contributed by atoms with E-state index >= 15 is 0 Å². The molecular weight excluding hydrogens is 415 g/mol. The van der Waals surface area contributed by atoms with E-state index in [1.165, 1.54) is 0 Å². The first-order valence-corrected chi connectivity index (χ1v) is 8.71. The predicted molar refractivity (Wildman–Crippen MR) is 107 cm³/mol. The Morgan fingerprint density at radius 2 is 1.79 bits per heavy atom. The fourth-order valence-electron chi connectivity index (χ4n) is 2.96. The Balaban J connectivity index is 0.00000264. The second-order valence-electron chi connectivity index (χ2n) is 5.81. The van der Waals surface area contributed by atoms with Crippen LogP contribution in [0, 0.1) is 5.41 Å². The smallest absolute Gasteiger partial charge is 0.230 e. The molecule has 1 aliphatic rings. The fraction of sp³-hybridized carbons (Fsp3) is 0.625. The van der Waals surface area contributed by atoms with Crippen molar-refractivity contribution in [3.63, 3.8) is 0 Å². The lowest BCUT2D eigenvalue weighted by Crippen LogP contribution is -2.55. The van der Waals surface area contributed by atoms with Crippen molar-refractivity contribution >= 4 is 52.5 Å². The van der Waals surface area contributed by atoms with Crippen LogP contribution in [0.1, 0.15) is 26.7 Å². The highest BCUT2D eigenvalue weighted by atomic mass is 79.9. The Morgan fingerprint density at radius 1 is 1.21 bits per heavy atom. The van der Waals surface area contributed by atoms with Crippen molar-refractivity contribution in [3.05, 3.63) is 22.8 Å². The lowest BCUT2D eigenvalue weighted by atomic mass is 9.81. The highest BCUT2D eigenvalue weighted by molar-refractivity contribution is 9.10. The van der Waals surface area contributed by atoms with Gasteiger partial charge in [0.05, 0.1) is 5.41 Å². The predicted octanol–water partition coefficient (Wildman–Crippen LogP) is 3.10. The second-order valence-corrected chi connectivity index (χ2v) is 6.72. The third-order valence-electron chi connectivity index (χ3n) is 4.80. The zero-order valence-electron chi connectivity index (χ0n) is 14.2. The van der Waals surface area contributed by atoms with E-state index in [2.05, 4.69) is 39.7 Å². The van der Waals surface area contributed by atoms with Gasteiger partial charge in [0.2, 0.25) is 5.91 Å². The summed E-state index contributed by atoms with van der Waals surface area (Å²) < 4.78 is 0.976. The molecule has 2 N–H and O–H groups in total. The van der Waals surface area contributed by atoms with Crippen LogP contribution >= 0.6 is 40.7 Å². The molecule has 1 fully saturated rings. The van der Waals surface area contributed by atoms with Crippen molar-refractivity contribution in [1.82, 2.24) is 9.88 Å². The Hall–Kier alpha value is -0.560. The third kappa shape index (κ3) is 4.97. The second kappa shape index (κ2) is 10.4. The molecule has 1 aromatic rings. The molecule has 0 unspecified atom stereocenters. The summed E-state index contributed by atoms with van der Waals surface area (Å²) in [5, 5.41) is 0. The number of carbonyl (C=O) groups excluding carboxylic acids is 1. The number of halogens is 3. The minimum absolute atomic E-state index is 0. The van der Waals surface area contributed by atoms with Crippen molar-refractivity contribution in [2.45, 2.75) is 26.7 Å². The van der Waals surface area contributed by atoms with E-state index in [-0.39, 0.29) is 30.7 Å². The summed E-state index contributed by atoms with van der Waals surface area (Å²) in [5.74, 6) is 1.18. The van der Waals surface area contributed by atoms with Crippen molar-refractivity contribution in [2.24, 2.45) is 11.1 Å². The van der Waals surface area contributed by atoms with Gasteiger partial charge in [0.25, 0.3) is 0 Å². The van der Waals surface area contributed by atoms with E-state index in [0.29, 0.717) is 6.54 Å². The highest BCUT2D eigenvalue weighted by Crippen LogP contribution is 2.28. The number of anilines is 1. The van der Waals surface area contributed by atoms with Gasteiger partial charge < -0.3 is 15.5 Å². The Bertz CT molecular complexity index is 495. The molecule has 1 aromatic heterocycles. The molecule has 138 valence electrons. The number of nitrogens with zero attached hydrogens (tertiary/aromatic N) is 3. The van der Waals surface area contributed by atoms with Gasteiger partial charge in [-0.25, -0.2) is 4.98 Å². The van der Waals surface area contributed by atoms with Crippen LogP contribution in [0.3, 0.4) is 0 Å². The molecule has 1 saturated heterocycles. The number of hydrogen-bond acceptors (Lipinski definition) is 4. The van der Waals surface area contributed by atoms with Gasteiger partial charge in [-0.3, -0.25) is 4.79 Å². The molecule has 0 radical (unpaired) electrons. The average Bonchev–Trinajstić information content (AvgIpc) is 2.58. The molecule has 0 saturated carbocycles. The SMILES string of the molecule is CCC(CC)(CN)C(=O)N1CCN(c2ccc(Br)cn2)CC1.Cl.Cl. The molecule has 0 spiro atoms. The van der Waals surface area contributed by atoms with E-state index in [9.17, 15) is 4.79 Å². The molecule has 0 aromatic carbocycles. The van der Waals surface area contributed by atoms with Gasteiger partial charge in [-0.15, -0.1) is 24.8 Å². The maximum absolute atomic E-state index is 12.8. The van der Waals surface area contributed by atoms with Gasteiger partial charge >= 0.3 is 0 Å². The summed E-state index contributed by atoms with van der Waals surface area (Å²) in [4.78, 5) is 21.4. The normalized spacial score (nSPS) is 14.7. The van der Waals surface area contributed by atoms with Crippen LogP contribution in [0.25, 0.3) is 0 Å². The Kier molecular flexibility index (Phi) is 10.2. The van der Waals surface area contributed by atoms with E-state index in [4.69, 9.17) is 5.73 Å².